The predicted octanol–water partition coefficient (Wildman–Crippen LogP) is 4.99. The molecule has 0 aliphatic carbocycles. The molecule has 1 amide bonds. The first-order chi connectivity index (χ1) is 12.3. The second kappa shape index (κ2) is 7.04. The number of anilines is 1. The fourth-order valence-electron chi connectivity index (χ4n) is 2.24. The molecule has 1 aromatic heterocycles. The second-order valence-electron chi connectivity index (χ2n) is 5.16. The molecule has 9 heteroatoms. The summed E-state index contributed by atoms with van der Waals surface area (Å²) in [4.78, 5) is 12.4. The summed E-state index contributed by atoms with van der Waals surface area (Å²) < 4.78 is 43.4. The van der Waals surface area contributed by atoms with Crippen molar-refractivity contribution in [3.63, 3.8) is 0 Å². The third-order valence-electron chi connectivity index (χ3n) is 3.37. The fraction of sp³-hybridized carbons (Fsp3) is 0.0588. The maximum absolute atomic E-state index is 12.4. The van der Waals surface area contributed by atoms with Gasteiger partial charge in [0, 0.05) is 23.8 Å². The fourth-order valence-corrected chi connectivity index (χ4v) is 2.55. The van der Waals surface area contributed by atoms with Crippen molar-refractivity contribution in [3.8, 4) is 11.4 Å². The number of ether oxygens (including phenoxy) is 1. The molecule has 3 aromatic rings. The maximum atomic E-state index is 12.4. The number of para-hydroxylation sites is 1. The Labute approximate surface area is 151 Å². The quantitative estimate of drug-likeness (QED) is 0.653. The minimum Gasteiger partial charge on any atom is -0.406 e. The van der Waals surface area contributed by atoms with Crippen molar-refractivity contribution in [2.45, 2.75) is 6.36 Å². The van der Waals surface area contributed by atoms with Crippen LogP contribution >= 0.6 is 12.2 Å². The first-order valence-electron chi connectivity index (χ1n) is 7.36. The third kappa shape index (κ3) is 4.12. The van der Waals surface area contributed by atoms with Crippen LogP contribution in [0, 0.1) is 4.77 Å². The van der Waals surface area contributed by atoms with Crippen LogP contribution in [0.5, 0.6) is 5.75 Å². The molecule has 26 heavy (non-hydrogen) atoms. The molecule has 0 spiro atoms. The number of alkyl halides is 3. The first-order valence-corrected chi connectivity index (χ1v) is 7.77. The van der Waals surface area contributed by atoms with Crippen molar-refractivity contribution >= 4 is 23.9 Å². The van der Waals surface area contributed by atoms with Gasteiger partial charge in [0.2, 0.25) is 0 Å². The number of carbonyl (C=O) groups is 1. The molecule has 0 aliphatic rings. The Bertz CT molecular complexity index is 963. The van der Waals surface area contributed by atoms with Crippen molar-refractivity contribution < 1.29 is 22.7 Å². The van der Waals surface area contributed by atoms with Crippen LogP contribution in [0.2, 0.25) is 0 Å². The molecule has 0 saturated carbocycles. The van der Waals surface area contributed by atoms with Gasteiger partial charge in [0.1, 0.15) is 5.75 Å². The number of hydrogen-bond donors (Lipinski definition) is 1. The number of hydrogen-bond acceptors (Lipinski definition) is 3. The smallest absolute Gasteiger partial charge is 0.406 e. The minimum absolute atomic E-state index is 0.255. The number of amides is 1. The van der Waals surface area contributed by atoms with Crippen LogP contribution < -0.4 is 10.1 Å². The molecular formula is C17H12F3N3O2S. The van der Waals surface area contributed by atoms with E-state index in [1.54, 1.807) is 10.8 Å². The monoisotopic (exact) mass is 379 g/mol. The Morgan fingerprint density at radius 1 is 1.00 bits per heavy atom. The zero-order chi connectivity index (χ0) is 18.7. The van der Waals surface area contributed by atoms with E-state index in [4.69, 9.17) is 12.2 Å². The maximum Gasteiger partial charge on any atom is 0.573 e. The molecule has 2 aromatic carbocycles. The number of halogens is 3. The number of benzene rings is 2. The van der Waals surface area contributed by atoms with Crippen molar-refractivity contribution in [3.05, 3.63) is 71.8 Å². The molecule has 0 radical (unpaired) electrons. The summed E-state index contributed by atoms with van der Waals surface area (Å²) in [5.41, 5.74) is 1.11. The van der Waals surface area contributed by atoms with Crippen LogP contribution in [0.25, 0.3) is 5.69 Å². The van der Waals surface area contributed by atoms with Crippen molar-refractivity contribution in [2.75, 3.05) is 5.32 Å². The van der Waals surface area contributed by atoms with Gasteiger partial charge in [-0.3, -0.25) is 4.57 Å². The summed E-state index contributed by atoms with van der Waals surface area (Å²) in [5.74, 6) is -0.373. The second-order valence-corrected chi connectivity index (χ2v) is 5.52. The molecular weight excluding hydrogens is 367 g/mol. The van der Waals surface area contributed by atoms with Crippen LogP contribution in [0.4, 0.5) is 23.7 Å². The molecule has 0 saturated heterocycles. The van der Waals surface area contributed by atoms with Gasteiger partial charge >= 0.3 is 12.4 Å². The van der Waals surface area contributed by atoms with Gasteiger partial charge in [0.25, 0.3) is 0 Å². The highest BCUT2D eigenvalue weighted by Crippen LogP contribution is 2.24. The lowest BCUT2D eigenvalue weighted by molar-refractivity contribution is -0.274. The molecule has 0 unspecified atom stereocenters. The van der Waals surface area contributed by atoms with E-state index < -0.39 is 12.4 Å². The summed E-state index contributed by atoms with van der Waals surface area (Å²) in [6.45, 7) is 0. The molecule has 0 atom stereocenters. The lowest BCUT2D eigenvalue weighted by Crippen LogP contribution is -2.19. The summed E-state index contributed by atoms with van der Waals surface area (Å²) in [5, 5.41) is 2.56. The summed E-state index contributed by atoms with van der Waals surface area (Å²) in [6, 6.07) is 13.5. The third-order valence-corrected chi connectivity index (χ3v) is 3.76. The highest BCUT2D eigenvalue weighted by Gasteiger charge is 2.30. The number of nitrogens with one attached hydrogen (secondary N) is 1. The van der Waals surface area contributed by atoms with Crippen molar-refractivity contribution in [1.29, 1.82) is 0 Å². The van der Waals surface area contributed by atoms with Gasteiger partial charge in [-0.2, -0.15) is 0 Å². The van der Waals surface area contributed by atoms with E-state index >= 15 is 0 Å². The van der Waals surface area contributed by atoms with Gasteiger partial charge in [-0.15, -0.1) is 13.2 Å². The summed E-state index contributed by atoms with van der Waals surface area (Å²) in [7, 11) is 0. The van der Waals surface area contributed by atoms with Crippen LogP contribution in [0.3, 0.4) is 0 Å². The van der Waals surface area contributed by atoms with Crippen molar-refractivity contribution in [2.24, 2.45) is 0 Å². The van der Waals surface area contributed by atoms with Crippen molar-refractivity contribution in [1.82, 2.24) is 9.13 Å². The Morgan fingerprint density at radius 3 is 2.27 bits per heavy atom. The topological polar surface area (TPSA) is 48.2 Å². The highest BCUT2D eigenvalue weighted by atomic mass is 32.1. The molecule has 134 valence electrons. The van der Waals surface area contributed by atoms with E-state index in [2.05, 4.69) is 10.1 Å². The lowest BCUT2D eigenvalue weighted by atomic mass is 10.3. The normalized spacial score (nSPS) is 11.2. The molecule has 1 N–H and O–H groups in total. The molecule has 1 heterocycles. The van der Waals surface area contributed by atoms with Crippen LogP contribution in [-0.2, 0) is 0 Å². The Morgan fingerprint density at radius 2 is 1.65 bits per heavy atom. The minimum atomic E-state index is -4.77. The van der Waals surface area contributed by atoms with E-state index in [0.717, 1.165) is 17.8 Å². The largest absolute Gasteiger partial charge is 0.573 e. The molecule has 0 aliphatic heterocycles. The van der Waals surface area contributed by atoms with E-state index in [1.807, 2.05) is 30.3 Å². The SMILES string of the molecule is O=C(Nc1ccc(OC(F)(F)F)cc1)n1ccn(-c2ccccc2)c1=S. The van der Waals surface area contributed by atoms with Gasteiger partial charge in [-0.1, -0.05) is 18.2 Å². The van der Waals surface area contributed by atoms with Crippen LogP contribution in [0.15, 0.2) is 67.0 Å². The zero-order valence-electron chi connectivity index (χ0n) is 13.1. The van der Waals surface area contributed by atoms with E-state index in [1.165, 1.54) is 22.9 Å². The Kier molecular flexibility index (Phi) is 4.81. The standard InChI is InChI=1S/C17H12F3N3O2S/c18-17(19,20)25-14-8-6-12(7-9-14)21-15(24)23-11-10-22(16(23)26)13-4-2-1-3-5-13/h1-11H,(H,21,24). The molecule has 0 fully saturated rings. The van der Waals surface area contributed by atoms with E-state index in [9.17, 15) is 18.0 Å². The average molecular weight is 379 g/mol. The summed E-state index contributed by atoms with van der Waals surface area (Å²) >= 11 is 5.30. The number of imidazole rings is 1. The predicted molar refractivity (Wildman–Crippen MR) is 92.1 cm³/mol. The summed E-state index contributed by atoms with van der Waals surface area (Å²) in [6.07, 6.45) is -1.61. The van der Waals surface area contributed by atoms with Gasteiger partial charge in [0.05, 0.1) is 0 Å². The van der Waals surface area contributed by atoms with Crippen LogP contribution in [-0.4, -0.2) is 21.5 Å². The lowest BCUT2D eigenvalue weighted by Gasteiger charge is -2.10. The van der Waals surface area contributed by atoms with Gasteiger partial charge in [-0.25, -0.2) is 9.36 Å². The highest BCUT2D eigenvalue weighted by molar-refractivity contribution is 7.71. The first kappa shape index (κ1) is 17.7. The number of aromatic nitrogens is 2. The van der Waals surface area contributed by atoms with Gasteiger partial charge < -0.3 is 10.1 Å². The number of carbonyl (C=O) groups excluding carboxylic acids is 1. The number of rotatable bonds is 3. The Balaban J connectivity index is 1.75. The zero-order valence-corrected chi connectivity index (χ0v) is 13.9. The van der Waals surface area contributed by atoms with Gasteiger partial charge in [0.15, 0.2) is 4.77 Å². The van der Waals surface area contributed by atoms with E-state index in [0.29, 0.717) is 5.69 Å². The number of nitrogens with zero attached hydrogens (tertiary/aromatic N) is 2. The van der Waals surface area contributed by atoms with Gasteiger partial charge in [-0.05, 0) is 48.6 Å². The van der Waals surface area contributed by atoms with Crippen LogP contribution in [0.1, 0.15) is 0 Å². The van der Waals surface area contributed by atoms with E-state index in [-0.39, 0.29) is 10.5 Å². The average Bonchev–Trinajstić information content (AvgIpc) is 2.98. The molecule has 0 bridgehead atoms. The molecule has 5 nitrogen and oxygen atoms in total. The molecule has 3 rings (SSSR count). The Hall–Kier alpha value is -3.07.